The first-order chi connectivity index (χ1) is 7.78. The summed E-state index contributed by atoms with van der Waals surface area (Å²) in [5, 5.41) is 8.81. The van der Waals surface area contributed by atoms with Crippen LogP contribution in [0.1, 0.15) is 32.1 Å². The number of piperidine rings is 1. The van der Waals surface area contributed by atoms with Crippen molar-refractivity contribution in [1.29, 1.82) is 5.26 Å². The van der Waals surface area contributed by atoms with Gasteiger partial charge in [0.2, 0.25) is 5.91 Å². The van der Waals surface area contributed by atoms with E-state index in [1.54, 1.807) is 0 Å². The minimum atomic E-state index is 0.182. The summed E-state index contributed by atoms with van der Waals surface area (Å²) in [5.74, 6) is 2.64. The molecule has 3 fully saturated rings. The highest BCUT2D eigenvalue weighted by Gasteiger charge is 2.48. The van der Waals surface area contributed by atoms with Crippen LogP contribution in [-0.2, 0) is 4.79 Å². The molecule has 16 heavy (non-hydrogen) atoms. The van der Waals surface area contributed by atoms with Crippen LogP contribution in [-0.4, -0.2) is 23.9 Å². The molecule has 2 aliphatic carbocycles. The minimum absolute atomic E-state index is 0.182. The van der Waals surface area contributed by atoms with Gasteiger partial charge in [-0.25, -0.2) is 0 Å². The Kier molecular flexibility index (Phi) is 2.38. The first kappa shape index (κ1) is 10.1. The number of likely N-dealkylation sites (tertiary alicyclic amines) is 1. The zero-order valence-electron chi connectivity index (χ0n) is 9.56. The predicted octanol–water partition coefficient (Wildman–Crippen LogP) is 1.79. The van der Waals surface area contributed by atoms with E-state index in [2.05, 4.69) is 6.07 Å². The van der Waals surface area contributed by atoms with Crippen LogP contribution in [0.3, 0.4) is 0 Å². The summed E-state index contributed by atoms with van der Waals surface area (Å²) in [6, 6.07) is 2.31. The van der Waals surface area contributed by atoms with Gasteiger partial charge in [0.05, 0.1) is 6.07 Å². The minimum Gasteiger partial charge on any atom is -0.342 e. The van der Waals surface area contributed by atoms with Crippen molar-refractivity contribution in [3.05, 3.63) is 0 Å². The van der Waals surface area contributed by atoms with Crippen LogP contribution in [0.15, 0.2) is 0 Å². The molecule has 3 aliphatic rings. The zero-order valence-corrected chi connectivity index (χ0v) is 9.56. The summed E-state index contributed by atoms with van der Waals surface area (Å²) >= 11 is 0. The lowest BCUT2D eigenvalue weighted by atomic mass is 9.95. The van der Waals surface area contributed by atoms with Crippen molar-refractivity contribution in [3.63, 3.8) is 0 Å². The Morgan fingerprint density at radius 3 is 2.31 bits per heavy atom. The molecule has 1 amide bonds. The first-order valence-electron chi connectivity index (χ1n) is 6.46. The lowest BCUT2D eigenvalue weighted by Gasteiger charge is -2.31. The molecule has 1 aliphatic heterocycles. The van der Waals surface area contributed by atoms with Gasteiger partial charge < -0.3 is 4.90 Å². The van der Waals surface area contributed by atoms with Crippen LogP contribution in [0.4, 0.5) is 0 Å². The first-order valence-corrected chi connectivity index (χ1v) is 6.46. The Balaban J connectivity index is 1.54. The zero-order chi connectivity index (χ0) is 11.1. The van der Waals surface area contributed by atoms with E-state index in [0.717, 1.165) is 50.6 Å². The number of fused-ring (bicyclic) bond motifs is 1. The van der Waals surface area contributed by atoms with Crippen LogP contribution < -0.4 is 0 Å². The van der Waals surface area contributed by atoms with Gasteiger partial charge in [0.25, 0.3) is 0 Å². The molecule has 2 unspecified atom stereocenters. The molecule has 86 valence electrons. The largest absolute Gasteiger partial charge is 0.342 e. The van der Waals surface area contributed by atoms with E-state index < -0.39 is 0 Å². The topological polar surface area (TPSA) is 44.1 Å². The van der Waals surface area contributed by atoms with Crippen LogP contribution >= 0.6 is 0 Å². The summed E-state index contributed by atoms with van der Waals surface area (Å²) in [4.78, 5) is 14.2. The van der Waals surface area contributed by atoms with Gasteiger partial charge in [0.15, 0.2) is 0 Å². The number of carbonyl (C=O) groups excluding carboxylic acids is 1. The van der Waals surface area contributed by atoms with E-state index in [4.69, 9.17) is 5.26 Å². The molecule has 2 atom stereocenters. The van der Waals surface area contributed by atoms with E-state index in [-0.39, 0.29) is 5.92 Å². The Bertz CT molecular complexity index is 328. The molecule has 0 aromatic carbocycles. The maximum Gasteiger partial charge on any atom is 0.225 e. The maximum absolute atomic E-state index is 12.2. The predicted molar refractivity (Wildman–Crippen MR) is 59.2 cm³/mol. The van der Waals surface area contributed by atoms with Gasteiger partial charge in [-0.1, -0.05) is 0 Å². The van der Waals surface area contributed by atoms with Crippen LogP contribution in [0.2, 0.25) is 0 Å². The number of nitrogens with zero attached hydrogens (tertiary/aromatic N) is 2. The van der Waals surface area contributed by atoms with E-state index in [0.29, 0.717) is 11.8 Å². The number of nitriles is 1. The molecule has 1 saturated heterocycles. The van der Waals surface area contributed by atoms with Crippen LogP contribution in [0.5, 0.6) is 0 Å². The van der Waals surface area contributed by atoms with Crippen molar-refractivity contribution in [2.45, 2.75) is 32.1 Å². The average molecular weight is 218 g/mol. The van der Waals surface area contributed by atoms with E-state index >= 15 is 0 Å². The molecule has 3 nitrogen and oxygen atoms in total. The van der Waals surface area contributed by atoms with Gasteiger partial charge in [-0.05, 0) is 43.9 Å². The lowest BCUT2D eigenvalue weighted by molar-refractivity contribution is -0.136. The molecule has 3 heteroatoms. The normalized spacial score (nSPS) is 37.9. The fourth-order valence-electron chi connectivity index (χ4n) is 3.40. The standard InChI is InChI=1S/C13H18N2O/c14-8-9-1-3-15(4-2-9)13(16)12-6-10-5-11(10)7-12/h9-12H,1-7H2. The highest BCUT2D eigenvalue weighted by molar-refractivity contribution is 5.79. The SMILES string of the molecule is N#CC1CCN(C(=O)C2CC3CC3C2)CC1. The molecule has 0 radical (unpaired) electrons. The highest BCUT2D eigenvalue weighted by Crippen LogP contribution is 2.54. The molecule has 0 N–H and O–H groups in total. The van der Waals surface area contributed by atoms with E-state index in [9.17, 15) is 4.79 Å². The molecule has 0 bridgehead atoms. The summed E-state index contributed by atoms with van der Waals surface area (Å²) < 4.78 is 0. The Morgan fingerprint density at radius 2 is 1.75 bits per heavy atom. The second kappa shape index (κ2) is 3.76. The van der Waals surface area contributed by atoms with Crippen LogP contribution in [0.25, 0.3) is 0 Å². The summed E-state index contributed by atoms with van der Waals surface area (Å²) in [5.41, 5.74) is 0. The monoisotopic (exact) mass is 218 g/mol. The van der Waals surface area contributed by atoms with E-state index in [1.165, 1.54) is 6.42 Å². The van der Waals surface area contributed by atoms with Gasteiger partial charge in [0, 0.05) is 24.9 Å². The summed E-state index contributed by atoms with van der Waals surface area (Å²) in [6.07, 6.45) is 5.41. The van der Waals surface area contributed by atoms with Crippen molar-refractivity contribution in [2.24, 2.45) is 23.7 Å². The van der Waals surface area contributed by atoms with Crippen molar-refractivity contribution < 1.29 is 4.79 Å². The van der Waals surface area contributed by atoms with Gasteiger partial charge in [-0.3, -0.25) is 4.79 Å². The molecule has 1 heterocycles. The Morgan fingerprint density at radius 1 is 1.12 bits per heavy atom. The smallest absolute Gasteiger partial charge is 0.225 e. The van der Waals surface area contributed by atoms with Gasteiger partial charge >= 0.3 is 0 Å². The number of hydrogen-bond donors (Lipinski definition) is 0. The second-order valence-electron chi connectivity index (χ2n) is 5.65. The Labute approximate surface area is 96.4 Å². The molecule has 3 rings (SSSR count). The third kappa shape index (κ3) is 1.71. The molecule has 0 aromatic rings. The van der Waals surface area contributed by atoms with E-state index in [1.807, 2.05) is 4.90 Å². The summed E-state index contributed by atoms with van der Waals surface area (Å²) in [6.45, 7) is 1.62. The van der Waals surface area contributed by atoms with Crippen LogP contribution in [0, 0.1) is 35.0 Å². The fraction of sp³-hybridized carbons (Fsp3) is 0.846. The average Bonchev–Trinajstić information content (AvgIpc) is 2.95. The molecule has 2 saturated carbocycles. The third-order valence-corrected chi connectivity index (χ3v) is 4.58. The Hall–Kier alpha value is -1.04. The van der Waals surface area contributed by atoms with Crippen molar-refractivity contribution in [3.8, 4) is 6.07 Å². The molecule has 0 aromatic heterocycles. The number of amides is 1. The quantitative estimate of drug-likeness (QED) is 0.673. The van der Waals surface area contributed by atoms with Crippen molar-refractivity contribution in [1.82, 2.24) is 4.90 Å². The number of carbonyl (C=O) groups is 1. The lowest BCUT2D eigenvalue weighted by Crippen LogP contribution is -2.41. The number of hydrogen-bond acceptors (Lipinski definition) is 2. The molecular weight excluding hydrogens is 200 g/mol. The van der Waals surface area contributed by atoms with Crippen molar-refractivity contribution in [2.75, 3.05) is 13.1 Å². The fourth-order valence-corrected chi connectivity index (χ4v) is 3.40. The molecular formula is C13H18N2O. The molecule has 0 spiro atoms. The summed E-state index contributed by atoms with van der Waals surface area (Å²) in [7, 11) is 0. The maximum atomic E-state index is 12.2. The van der Waals surface area contributed by atoms with Gasteiger partial charge in [-0.2, -0.15) is 5.26 Å². The van der Waals surface area contributed by atoms with Crippen molar-refractivity contribution >= 4 is 5.91 Å². The number of rotatable bonds is 1. The second-order valence-corrected chi connectivity index (χ2v) is 5.65. The third-order valence-electron chi connectivity index (χ3n) is 4.58. The van der Waals surface area contributed by atoms with Gasteiger partial charge in [-0.15, -0.1) is 0 Å². The highest BCUT2D eigenvalue weighted by atomic mass is 16.2. The van der Waals surface area contributed by atoms with Gasteiger partial charge in [0.1, 0.15) is 0 Å².